The molecule has 2 rings (SSSR count). The molecule has 0 aliphatic carbocycles. The van der Waals surface area contributed by atoms with Gasteiger partial charge in [-0.15, -0.1) is 0 Å². The Balaban J connectivity index is 1.99. The van der Waals surface area contributed by atoms with Crippen molar-refractivity contribution in [3.05, 3.63) is 59.7 Å². The lowest BCUT2D eigenvalue weighted by atomic mass is 10.1. The van der Waals surface area contributed by atoms with Crippen molar-refractivity contribution in [1.29, 1.82) is 5.26 Å². The van der Waals surface area contributed by atoms with Gasteiger partial charge in [0.1, 0.15) is 17.6 Å². The van der Waals surface area contributed by atoms with Gasteiger partial charge in [0.15, 0.2) is 12.4 Å². The van der Waals surface area contributed by atoms with Crippen LogP contribution in [0.5, 0.6) is 11.5 Å². The van der Waals surface area contributed by atoms with Gasteiger partial charge in [0.05, 0.1) is 5.56 Å². The summed E-state index contributed by atoms with van der Waals surface area (Å²) in [6, 6.07) is 13.8. The summed E-state index contributed by atoms with van der Waals surface area (Å²) >= 11 is 0. The second kappa shape index (κ2) is 7.18. The van der Waals surface area contributed by atoms with Crippen LogP contribution in [0, 0.1) is 11.3 Å². The van der Waals surface area contributed by atoms with Crippen molar-refractivity contribution in [2.24, 2.45) is 0 Å². The van der Waals surface area contributed by atoms with Gasteiger partial charge in [-0.25, -0.2) is 0 Å². The van der Waals surface area contributed by atoms with Crippen LogP contribution < -0.4 is 9.47 Å². The monoisotopic (exact) mass is 303 g/mol. The molecule has 0 aliphatic heterocycles. The first-order chi connectivity index (χ1) is 10.6. The maximum absolute atomic E-state index is 12.0. The number of carbonyl (C=O) groups excluding carboxylic acids is 1. The Kier molecular flexibility index (Phi) is 5.04. The lowest BCUT2D eigenvalue weighted by molar-refractivity contribution is -0.0498. The molecule has 0 aliphatic rings. The minimum absolute atomic E-state index is 0.0257. The number of rotatable bonds is 6. The van der Waals surface area contributed by atoms with E-state index in [0.29, 0.717) is 16.9 Å². The molecule has 0 saturated carbocycles. The second-order valence-electron chi connectivity index (χ2n) is 4.22. The zero-order chi connectivity index (χ0) is 15.9. The van der Waals surface area contributed by atoms with E-state index in [1.54, 1.807) is 24.3 Å². The maximum atomic E-state index is 12.0. The lowest BCUT2D eigenvalue weighted by Crippen LogP contribution is -2.12. The second-order valence-corrected chi connectivity index (χ2v) is 4.22. The molecule has 4 nitrogen and oxygen atoms in total. The van der Waals surface area contributed by atoms with Crippen molar-refractivity contribution in [1.82, 2.24) is 0 Å². The zero-order valence-electron chi connectivity index (χ0n) is 11.3. The molecule has 0 unspecified atom stereocenters. The summed E-state index contributed by atoms with van der Waals surface area (Å²) in [4.78, 5) is 12.0. The van der Waals surface area contributed by atoms with Crippen LogP contribution in [-0.4, -0.2) is 19.0 Å². The highest BCUT2D eigenvalue weighted by Gasteiger charge is 2.10. The van der Waals surface area contributed by atoms with Gasteiger partial charge in [-0.05, 0) is 36.4 Å². The molecule has 0 atom stereocenters. The molecular weight excluding hydrogens is 292 g/mol. The standard InChI is InChI=1S/C16H11F2NO3/c17-16(18)22-13-7-5-11(6-8-13)14(20)10-21-15-4-2-1-3-12(15)9-19/h1-8,16H,10H2. The Morgan fingerprint density at radius 3 is 2.45 bits per heavy atom. The van der Waals surface area contributed by atoms with Gasteiger partial charge in [0.25, 0.3) is 0 Å². The van der Waals surface area contributed by atoms with E-state index in [1.807, 2.05) is 6.07 Å². The molecule has 0 aromatic heterocycles. The average Bonchev–Trinajstić information content (AvgIpc) is 2.53. The van der Waals surface area contributed by atoms with Crippen molar-refractivity contribution in [2.45, 2.75) is 6.61 Å². The minimum atomic E-state index is -2.91. The van der Waals surface area contributed by atoms with Crippen LogP contribution in [0.4, 0.5) is 8.78 Å². The molecular formula is C16H11F2NO3. The van der Waals surface area contributed by atoms with Crippen molar-refractivity contribution in [3.63, 3.8) is 0 Å². The van der Waals surface area contributed by atoms with Gasteiger partial charge in [-0.3, -0.25) is 4.79 Å². The highest BCUT2D eigenvalue weighted by molar-refractivity contribution is 5.97. The average molecular weight is 303 g/mol. The number of alkyl halides is 2. The first-order valence-corrected chi connectivity index (χ1v) is 6.30. The third-order valence-corrected chi connectivity index (χ3v) is 2.77. The van der Waals surface area contributed by atoms with Gasteiger partial charge in [0.2, 0.25) is 0 Å². The Morgan fingerprint density at radius 1 is 1.14 bits per heavy atom. The van der Waals surface area contributed by atoms with Crippen molar-refractivity contribution in [2.75, 3.05) is 6.61 Å². The Morgan fingerprint density at radius 2 is 1.82 bits per heavy atom. The summed E-state index contributed by atoms with van der Waals surface area (Å²) in [6.07, 6.45) is 0. The molecule has 0 amide bonds. The predicted molar refractivity (Wildman–Crippen MR) is 74.1 cm³/mol. The SMILES string of the molecule is N#Cc1ccccc1OCC(=O)c1ccc(OC(F)F)cc1. The predicted octanol–water partition coefficient (Wildman–Crippen LogP) is 3.42. The normalized spacial score (nSPS) is 10.1. The summed E-state index contributed by atoms with van der Waals surface area (Å²) in [5.74, 6) is -0.0466. The third kappa shape index (κ3) is 4.03. The molecule has 2 aromatic carbocycles. The highest BCUT2D eigenvalue weighted by atomic mass is 19.3. The maximum Gasteiger partial charge on any atom is 0.387 e. The molecule has 0 radical (unpaired) electrons. The van der Waals surface area contributed by atoms with Crippen LogP contribution in [-0.2, 0) is 0 Å². The molecule has 2 aromatic rings. The van der Waals surface area contributed by atoms with E-state index in [1.165, 1.54) is 24.3 Å². The van der Waals surface area contributed by atoms with E-state index < -0.39 is 6.61 Å². The minimum Gasteiger partial charge on any atom is -0.484 e. The Bertz CT molecular complexity index is 693. The number of halogens is 2. The lowest BCUT2D eigenvalue weighted by Gasteiger charge is -2.08. The van der Waals surface area contributed by atoms with Gasteiger partial charge >= 0.3 is 6.61 Å². The first-order valence-electron chi connectivity index (χ1n) is 6.30. The van der Waals surface area contributed by atoms with Crippen molar-refractivity contribution in [3.8, 4) is 17.6 Å². The van der Waals surface area contributed by atoms with Crippen molar-refractivity contribution >= 4 is 5.78 Å². The molecule has 112 valence electrons. The van der Waals surface area contributed by atoms with Gasteiger partial charge in [-0.1, -0.05) is 12.1 Å². The number of benzene rings is 2. The quantitative estimate of drug-likeness (QED) is 0.767. The summed E-state index contributed by atoms with van der Waals surface area (Å²) in [5.41, 5.74) is 0.632. The van der Waals surface area contributed by atoms with E-state index in [-0.39, 0.29) is 18.1 Å². The molecule has 6 heteroatoms. The topological polar surface area (TPSA) is 59.3 Å². The van der Waals surface area contributed by atoms with Crippen molar-refractivity contribution < 1.29 is 23.0 Å². The van der Waals surface area contributed by atoms with Crippen LogP contribution in [0.2, 0.25) is 0 Å². The molecule has 0 bridgehead atoms. The number of nitrogens with zero attached hydrogens (tertiary/aromatic N) is 1. The van der Waals surface area contributed by atoms with E-state index in [9.17, 15) is 13.6 Å². The molecule has 0 N–H and O–H groups in total. The van der Waals surface area contributed by atoms with Crippen LogP contribution >= 0.6 is 0 Å². The van der Waals surface area contributed by atoms with Gasteiger partial charge in [-0.2, -0.15) is 14.0 Å². The fourth-order valence-electron chi connectivity index (χ4n) is 1.73. The Hall–Kier alpha value is -2.94. The summed E-state index contributed by atoms with van der Waals surface area (Å²) < 4.78 is 33.6. The number of hydrogen-bond acceptors (Lipinski definition) is 4. The summed E-state index contributed by atoms with van der Waals surface area (Å²) in [5, 5.41) is 8.91. The van der Waals surface area contributed by atoms with E-state index in [2.05, 4.69) is 4.74 Å². The van der Waals surface area contributed by atoms with E-state index in [4.69, 9.17) is 10.00 Å². The third-order valence-electron chi connectivity index (χ3n) is 2.77. The largest absolute Gasteiger partial charge is 0.484 e. The van der Waals surface area contributed by atoms with E-state index >= 15 is 0 Å². The van der Waals surface area contributed by atoms with Crippen LogP contribution in [0.15, 0.2) is 48.5 Å². The van der Waals surface area contributed by atoms with Gasteiger partial charge in [0, 0.05) is 5.56 Å². The fraction of sp³-hybridized carbons (Fsp3) is 0.125. The first kappa shape index (κ1) is 15.4. The number of ketones is 1. The van der Waals surface area contributed by atoms with Crippen LogP contribution in [0.3, 0.4) is 0 Å². The molecule has 22 heavy (non-hydrogen) atoms. The smallest absolute Gasteiger partial charge is 0.387 e. The highest BCUT2D eigenvalue weighted by Crippen LogP contribution is 2.18. The van der Waals surface area contributed by atoms with E-state index in [0.717, 1.165) is 0 Å². The summed E-state index contributed by atoms with van der Waals surface area (Å²) in [7, 11) is 0. The van der Waals surface area contributed by atoms with Gasteiger partial charge < -0.3 is 9.47 Å². The number of Topliss-reactive ketones (excluding diaryl/α,β-unsaturated/α-hetero) is 1. The van der Waals surface area contributed by atoms with Crippen LogP contribution in [0.1, 0.15) is 15.9 Å². The Labute approximate surface area is 125 Å². The number of hydrogen-bond donors (Lipinski definition) is 0. The number of carbonyl (C=O) groups is 1. The fourth-order valence-corrected chi connectivity index (χ4v) is 1.73. The molecule has 0 spiro atoms. The number of ether oxygens (including phenoxy) is 2. The number of para-hydroxylation sites is 1. The number of nitriles is 1. The molecule has 0 saturated heterocycles. The zero-order valence-corrected chi connectivity index (χ0v) is 11.3. The van der Waals surface area contributed by atoms with Crippen LogP contribution in [0.25, 0.3) is 0 Å². The molecule has 0 fully saturated rings. The summed E-state index contributed by atoms with van der Waals surface area (Å²) in [6.45, 7) is -3.17. The molecule has 0 heterocycles.